The molecule has 18 heavy (non-hydrogen) atoms. The quantitative estimate of drug-likeness (QED) is 0.891. The number of hydrogen-bond acceptors (Lipinski definition) is 1. The molecule has 0 aliphatic rings. The Balaban J connectivity index is 2.60. The fourth-order valence-electron chi connectivity index (χ4n) is 2.41. The first-order valence-corrected chi connectivity index (χ1v) is 6.52. The van der Waals surface area contributed by atoms with E-state index in [9.17, 15) is 0 Å². The second-order valence-electron chi connectivity index (χ2n) is 4.65. The maximum atomic E-state index is 6.21. The van der Waals surface area contributed by atoms with Crippen LogP contribution in [-0.4, -0.2) is 11.6 Å². The Morgan fingerprint density at radius 2 is 1.94 bits per heavy atom. The smallest absolute Gasteiger partial charge is 0.0499 e. The standard InChI is InChI=1S/C15H19ClN2/c1-10-8-13(9-17-4)12(3)18(10)15-7-5-6-14(16)11(15)2/h5-8,17H,9H2,1-4H3. The monoisotopic (exact) mass is 262 g/mol. The van der Waals surface area contributed by atoms with Crippen LogP contribution in [0.5, 0.6) is 0 Å². The van der Waals surface area contributed by atoms with Crippen molar-refractivity contribution in [2.45, 2.75) is 27.3 Å². The van der Waals surface area contributed by atoms with Crippen LogP contribution in [0.1, 0.15) is 22.5 Å². The zero-order valence-corrected chi connectivity index (χ0v) is 12.1. The van der Waals surface area contributed by atoms with Gasteiger partial charge >= 0.3 is 0 Å². The lowest BCUT2D eigenvalue weighted by Crippen LogP contribution is -2.07. The van der Waals surface area contributed by atoms with E-state index in [4.69, 9.17) is 11.6 Å². The van der Waals surface area contributed by atoms with Crippen LogP contribution < -0.4 is 5.32 Å². The molecule has 0 spiro atoms. The van der Waals surface area contributed by atoms with Gasteiger partial charge in [0.2, 0.25) is 0 Å². The minimum absolute atomic E-state index is 0.815. The van der Waals surface area contributed by atoms with E-state index < -0.39 is 0 Å². The summed E-state index contributed by atoms with van der Waals surface area (Å²) in [6, 6.07) is 8.28. The fourth-order valence-corrected chi connectivity index (χ4v) is 2.58. The first kappa shape index (κ1) is 13.2. The molecule has 0 atom stereocenters. The van der Waals surface area contributed by atoms with E-state index in [1.807, 2.05) is 19.2 Å². The lowest BCUT2D eigenvalue weighted by atomic mass is 10.2. The molecule has 1 N–H and O–H groups in total. The van der Waals surface area contributed by atoms with Crippen LogP contribution in [-0.2, 0) is 6.54 Å². The number of aromatic nitrogens is 1. The zero-order valence-electron chi connectivity index (χ0n) is 11.3. The third-order valence-corrected chi connectivity index (χ3v) is 3.79. The molecule has 0 fully saturated rings. The highest BCUT2D eigenvalue weighted by atomic mass is 35.5. The van der Waals surface area contributed by atoms with Crippen molar-refractivity contribution in [2.24, 2.45) is 0 Å². The zero-order chi connectivity index (χ0) is 13.3. The van der Waals surface area contributed by atoms with Gasteiger partial charge < -0.3 is 9.88 Å². The molecule has 0 saturated heterocycles. The summed E-state index contributed by atoms with van der Waals surface area (Å²) in [6.07, 6.45) is 0. The topological polar surface area (TPSA) is 17.0 Å². The number of halogens is 1. The van der Waals surface area contributed by atoms with Gasteiger partial charge in [0, 0.05) is 28.6 Å². The molecule has 0 aliphatic carbocycles. The maximum absolute atomic E-state index is 6.21. The van der Waals surface area contributed by atoms with E-state index >= 15 is 0 Å². The Morgan fingerprint density at radius 3 is 2.61 bits per heavy atom. The van der Waals surface area contributed by atoms with E-state index in [0.717, 1.165) is 17.1 Å². The molecule has 3 heteroatoms. The summed E-state index contributed by atoms with van der Waals surface area (Å²) >= 11 is 6.21. The van der Waals surface area contributed by atoms with Crippen molar-refractivity contribution >= 4 is 11.6 Å². The van der Waals surface area contributed by atoms with Gasteiger partial charge in [-0.2, -0.15) is 0 Å². The van der Waals surface area contributed by atoms with Crippen LogP contribution in [0, 0.1) is 20.8 Å². The van der Waals surface area contributed by atoms with Crippen molar-refractivity contribution in [2.75, 3.05) is 7.05 Å². The first-order chi connectivity index (χ1) is 8.56. The second-order valence-corrected chi connectivity index (χ2v) is 5.05. The average molecular weight is 263 g/mol. The van der Waals surface area contributed by atoms with Gasteiger partial charge in [0.1, 0.15) is 0 Å². The van der Waals surface area contributed by atoms with E-state index in [1.165, 1.54) is 22.6 Å². The molecular formula is C15H19ClN2. The molecule has 2 nitrogen and oxygen atoms in total. The normalized spacial score (nSPS) is 10.9. The van der Waals surface area contributed by atoms with Gasteiger partial charge in [-0.3, -0.25) is 0 Å². The summed E-state index contributed by atoms with van der Waals surface area (Å²) in [6.45, 7) is 7.24. The average Bonchev–Trinajstić information content (AvgIpc) is 2.60. The maximum Gasteiger partial charge on any atom is 0.0499 e. The highest BCUT2D eigenvalue weighted by Crippen LogP contribution is 2.27. The minimum Gasteiger partial charge on any atom is -0.318 e. The SMILES string of the molecule is CNCc1cc(C)n(-c2cccc(Cl)c2C)c1C. The van der Waals surface area contributed by atoms with Gasteiger partial charge in [0.05, 0.1) is 0 Å². The number of rotatable bonds is 3. The third kappa shape index (κ3) is 2.18. The van der Waals surface area contributed by atoms with Crippen molar-refractivity contribution in [3.63, 3.8) is 0 Å². The third-order valence-electron chi connectivity index (χ3n) is 3.38. The number of nitrogens with one attached hydrogen (secondary N) is 1. The van der Waals surface area contributed by atoms with Gasteiger partial charge in [-0.05, 0) is 57.1 Å². The Kier molecular flexibility index (Phi) is 3.79. The van der Waals surface area contributed by atoms with Crippen LogP contribution in [0.3, 0.4) is 0 Å². The van der Waals surface area contributed by atoms with E-state index in [1.54, 1.807) is 0 Å². The molecule has 0 radical (unpaired) electrons. The van der Waals surface area contributed by atoms with Crippen LogP contribution >= 0.6 is 11.6 Å². The molecule has 1 aromatic heterocycles. The molecule has 0 unspecified atom stereocenters. The molecule has 2 rings (SSSR count). The lowest BCUT2D eigenvalue weighted by molar-refractivity contribution is 0.806. The Hall–Kier alpha value is -1.25. The lowest BCUT2D eigenvalue weighted by Gasteiger charge is -2.14. The molecule has 0 saturated carbocycles. The van der Waals surface area contributed by atoms with Gasteiger partial charge in [-0.1, -0.05) is 17.7 Å². The van der Waals surface area contributed by atoms with Crippen molar-refractivity contribution in [3.8, 4) is 5.69 Å². The summed E-state index contributed by atoms with van der Waals surface area (Å²) < 4.78 is 2.27. The van der Waals surface area contributed by atoms with Crippen LogP contribution in [0.25, 0.3) is 5.69 Å². The van der Waals surface area contributed by atoms with Crippen LogP contribution in [0.15, 0.2) is 24.3 Å². The molecule has 1 aromatic carbocycles. The highest BCUT2D eigenvalue weighted by Gasteiger charge is 2.12. The minimum atomic E-state index is 0.815. The van der Waals surface area contributed by atoms with Crippen molar-refractivity contribution in [1.29, 1.82) is 0 Å². The molecule has 1 heterocycles. The van der Waals surface area contributed by atoms with Crippen molar-refractivity contribution < 1.29 is 0 Å². The summed E-state index contributed by atoms with van der Waals surface area (Å²) in [5.41, 5.74) is 6.13. The predicted molar refractivity (Wildman–Crippen MR) is 77.8 cm³/mol. The van der Waals surface area contributed by atoms with Gasteiger partial charge in [0.15, 0.2) is 0 Å². The molecule has 96 valence electrons. The summed E-state index contributed by atoms with van der Waals surface area (Å²) in [4.78, 5) is 0. The molecule has 0 bridgehead atoms. The van der Waals surface area contributed by atoms with E-state index in [2.05, 4.69) is 42.8 Å². The summed E-state index contributed by atoms with van der Waals surface area (Å²) in [5, 5.41) is 4.02. The van der Waals surface area contributed by atoms with E-state index in [-0.39, 0.29) is 0 Å². The predicted octanol–water partition coefficient (Wildman–Crippen LogP) is 3.78. The largest absolute Gasteiger partial charge is 0.318 e. The number of hydrogen-bond donors (Lipinski definition) is 1. The Morgan fingerprint density at radius 1 is 1.22 bits per heavy atom. The number of aryl methyl sites for hydroxylation is 1. The summed E-state index contributed by atoms with van der Waals surface area (Å²) in [7, 11) is 1.97. The fraction of sp³-hybridized carbons (Fsp3) is 0.333. The first-order valence-electron chi connectivity index (χ1n) is 6.14. The number of nitrogens with zero attached hydrogens (tertiary/aromatic N) is 1. The second kappa shape index (κ2) is 5.17. The van der Waals surface area contributed by atoms with Crippen molar-refractivity contribution in [1.82, 2.24) is 9.88 Å². The van der Waals surface area contributed by atoms with Gasteiger partial charge in [0.25, 0.3) is 0 Å². The molecular weight excluding hydrogens is 244 g/mol. The van der Waals surface area contributed by atoms with Crippen LogP contribution in [0.2, 0.25) is 5.02 Å². The van der Waals surface area contributed by atoms with Crippen LogP contribution in [0.4, 0.5) is 0 Å². The molecule has 2 aromatic rings. The Bertz CT molecular complexity index is 570. The Labute approximate surface area is 114 Å². The molecule has 0 aliphatic heterocycles. The highest BCUT2D eigenvalue weighted by molar-refractivity contribution is 6.31. The van der Waals surface area contributed by atoms with Gasteiger partial charge in [-0.15, -0.1) is 0 Å². The molecule has 0 amide bonds. The number of benzene rings is 1. The summed E-state index contributed by atoms with van der Waals surface area (Å²) in [5.74, 6) is 0. The van der Waals surface area contributed by atoms with Gasteiger partial charge in [-0.25, -0.2) is 0 Å². The van der Waals surface area contributed by atoms with E-state index in [0.29, 0.717) is 0 Å². The van der Waals surface area contributed by atoms with Crippen molar-refractivity contribution in [3.05, 3.63) is 51.8 Å².